The van der Waals surface area contributed by atoms with Crippen LogP contribution in [0.5, 0.6) is 11.5 Å². The zero-order valence-electron chi connectivity index (χ0n) is 16.4. The van der Waals surface area contributed by atoms with Gasteiger partial charge in [0.05, 0.1) is 11.3 Å². The predicted octanol–water partition coefficient (Wildman–Crippen LogP) is 5.27. The monoisotopic (exact) mass is 386 g/mol. The third-order valence-corrected chi connectivity index (χ3v) is 5.03. The maximum Gasteiger partial charge on any atom is 0.262 e. The number of benzene rings is 3. The molecule has 5 nitrogen and oxygen atoms in total. The molecular weight excluding hydrogens is 364 g/mol. The van der Waals surface area contributed by atoms with Gasteiger partial charge in [0.2, 0.25) is 0 Å². The van der Waals surface area contributed by atoms with E-state index in [2.05, 4.69) is 12.2 Å². The molecule has 3 aromatic rings. The quantitative estimate of drug-likeness (QED) is 0.664. The van der Waals surface area contributed by atoms with Crippen molar-refractivity contribution in [3.05, 3.63) is 83.4 Å². The van der Waals surface area contributed by atoms with Crippen LogP contribution in [0.2, 0.25) is 0 Å². The first-order valence-corrected chi connectivity index (χ1v) is 9.73. The Morgan fingerprint density at radius 2 is 1.72 bits per heavy atom. The largest absolute Gasteiger partial charge is 0.454 e. The van der Waals surface area contributed by atoms with Crippen molar-refractivity contribution in [3.63, 3.8) is 0 Å². The molecule has 5 heteroatoms. The van der Waals surface area contributed by atoms with E-state index in [1.54, 1.807) is 35.2 Å². The average Bonchev–Trinajstić information content (AvgIpc) is 2.87. The number of carbonyl (C=O) groups is 2. The van der Waals surface area contributed by atoms with Crippen LogP contribution >= 0.6 is 0 Å². The fraction of sp³-hybridized carbons (Fsp3) is 0.167. The number of nitrogens with one attached hydrogen (secondary N) is 1. The second kappa shape index (κ2) is 7.80. The van der Waals surface area contributed by atoms with E-state index in [9.17, 15) is 9.59 Å². The third-order valence-electron chi connectivity index (χ3n) is 5.03. The molecule has 0 aliphatic carbocycles. The number of hydrogen-bond donors (Lipinski definition) is 1. The average molecular weight is 386 g/mol. The molecule has 0 saturated carbocycles. The maximum atomic E-state index is 13.1. The number of rotatable bonds is 4. The summed E-state index contributed by atoms with van der Waals surface area (Å²) in [5.41, 5.74) is 3.45. The Balaban J connectivity index is 1.64. The topological polar surface area (TPSA) is 58.6 Å². The number of para-hydroxylation sites is 2. The van der Waals surface area contributed by atoms with Crippen LogP contribution in [0.15, 0.2) is 66.7 Å². The number of hydrogen-bond acceptors (Lipinski definition) is 3. The molecule has 1 N–H and O–H groups in total. The molecule has 0 spiro atoms. The smallest absolute Gasteiger partial charge is 0.262 e. The molecule has 1 aliphatic heterocycles. The number of aryl methyl sites for hydroxylation is 1. The van der Waals surface area contributed by atoms with Crippen LogP contribution < -0.4 is 15.0 Å². The Hall–Kier alpha value is -3.60. The van der Waals surface area contributed by atoms with E-state index in [4.69, 9.17) is 4.74 Å². The second-order valence-corrected chi connectivity index (χ2v) is 6.83. The van der Waals surface area contributed by atoms with Gasteiger partial charge >= 0.3 is 0 Å². The Bertz CT molecular complexity index is 1070. The minimum Gasteiger partial charge on any atom is -0.454 e. The SMILES string of the molecule is CCc1ccc(C(=O)Nc2ccc3c(c2)C(=O)N(CC)c2ccccc2O3)cc1. The van der Waals surface area contributed by atoms with E-state index in [1.165, 1.54) is 5.56 Å². The summed E-state index contributed by atoms with van der Waals surface area (Å²) in [5.74, 6) is 0.735. The predicted molar refractivity (Wildman–Crippen MR) is 114 cm³/mol. The molecule has 0 bridgehead atoms. The number of ether oxygens (including phenoxy) is 1. The van der Waals surface area contributed by atoms with Crippen molar-refractivity contribution in [3.8, 4) is 11.5 Å². The number of fused-ring (bicyclic) bond motifs is 2. The lowest BCUT2D eigenvalue weighted by molar-refractivity contribution is 0.0985. The first kappa shape index (κ1) is 18.7. The minimum absolute atomic E-state index is 0.157. The highest BCUT2D eigenvalue weighted by atomic mass is 16.5. The second-order valence-electron chi connectivity index (χ2n) is 6.83. The van der Waals surface area contributed by atoms with Gasteiger partial charge in [-0.1, -0.05) is 31.2 Å². The van der Waals surface area contributed by atoms with E-state index in [0.717, 1.165) is 12.1 Å². The third kappa shape index (κ3) is 3.59. The van der Waals surface area contributed by atoms with Gasteiger partial charge in [-0.2, -0.15) is 0 Å². The summed E-state index contributed by atoms with van der Waals surface area (Å²) >= 11 is 0. The molecule has 1 aliphatic rings. The van der Waals surface area contributed by atoms with Gasteiger partial charge in [0.25, 0.3) is 11.8 Å². The van der Waals surface area contributed by atoms with Crippen LogP contribution in [-0.2, 0) is 6.42 Å². The number of anilines is 2. The van der Waals surface area contributed by atoms with Crippen LogP contribution in [0.4, 0.5) is 11.4 Å². The van der Waals surface area contributed by atoms with Crippen molar-refractivity contribution in [2.75, 3.05) is 16.8 Å². The van der Waals surface area contributed by atoms with Gasteiger partial charge in [-0.3, -0.25) is 9.59 Å². The van der Waals surface area contributed by atoms with Crippen molar-refractivity contribution in [2.24, 2.45) is 0 Å². The zero-order valence-corrected chi connectivity index (χ0v) is 16.4. The van der Waals surface area contributed by atoms with Crippen molar-refractivity contribution in [1.29, 1.82) is 0 Å². The fourth-order valence-corrected chi connectivity index (χ4v) is 3.41. The van der Waals surface area contributed by atoms with Gasteiger partial charge in [-0.05, 0) is 61.4 Å². The van der Waals surface area contributed by atoms with Gasteiger partial charge in [-0.25, -0.2) is 0 Å². The zero-order chi connectivity index (χ0) is 20.4. The van der Waals surface area contributed by atoms with Gasteiger partial charge in [0.15, 0.2) is 5.75 Å². The highest BCUT2D eigenvalue weighted by Gasteiger charge is 2.27. The van der Waals surface area contributed by atoms with Crippen LogP contribution in [0.1, 0.15) is 40.1 Å². The van der Waals surface area contributed by atoms with Gasteiger partial charge in [0, 0.05) is 17.8 Å². The molecule has 1 heterocycles. The van der Waals surface area contributed by atoms with Gasteiger partial charge < -0.3 is 15.0 Å². The molecule has 0 aromatic heterocycles. The van der Waals surface area contributed by atoms with Crippen LogP contribution in [0.25, 0.3) is 0 Å². The molecule has 2 amide bonds. The summed E-state index contributed by atoms with van der Waals surface area (Å²) in [6.45, 7) is 4.51. The summed E-state index contributed by atoms with van der Waals surface area (Å²) in [6, 6.07) is 20.1. The Kier molecular flexibility index (Phi) is 5.04. The van der Waals surface area contributed by atoms with Crippen molar-refractivity contribution >= 4 is 23.2 Å². The highest BCUT2D eigenvalue weighted by molar-refractivity contribution is 6.11. The Morgan fingerprint density at radius 3 is 2.45 bits per heavy atom. The maximum absolute atomic E-state index is 13.1. The van der Waals surface area contributed by atoms with Crippen LogP contribution in [0, 0.1) is 0 Å². The lowest BCUT2D eigenvalue weighted by Gasteiger charge is -2.19. The summed E-state index contributed by atoms with van der Waals surface area (Å²) in [5, 5.41) is 2.88. The number of nitrogens with zero attached hydrogens (tertiary/aromatic N) is 1. The van der Waals surface area contributed by atoms with Crippen LogP contribution in [-0.4, -0.2) is 18.4 Å². The van der Waals surface area contributed by atoms with Crippen molar-refractivity contribution < 1.29 is 14.3 Å². The van der Waals surface area contributed by atoms with Gasteiger partial charge in [0.1, 0.15) is 5.75 Å². The van der Waals surface area contributed by atoms with E-state index in [-0.39, 0.29) is 11.8 Å². The molecule has 0 unspecified atom stereocenters. The summed E-state index contributed by atoms with van der Waals surface area (Å²) in [6.07, 6.45) is 0.922. The molecule has 146 valence electrons. The Morgan fingerprint density at radius 1 is 0.966 bits per heavy atom. The lowest BCUT2D eigenvalue weighted by Crippen LogP contribution is -2.29. The number of amides is 2. The summed E-state index contributed by atoms with van der Waals surface area (Å²) < 4.78 is 6.00. The molecule has 0 fully saturated rings. The lowest BCUT2D eigenvalue weighted by atomic mass is 10.1. The van der Waals surface area contributed by atoms with E-state index >= 15 is 0 Å². The minimum atomic E-state index is -0.217. The first-order valence-electron chi connectivity index (χ1n) is 9.73. The normalized spacial score (nSPS) is 12.5. The van der Waals surface area contributed by atoms with Gasteiger partial charge in [-0.15, -0.1) is 0 Å². The molecule has 3 aromatic carbocycles. The molecular formula is C24H22N2O3. The molecule has 29 heavy (non-hydrogen) atoms. The van der Waals surface area contributed by atoms with E-state index in [0.29, 0.717) is 34.9 Å². The highest BCUT2D eigenvalue weighted by Crippen LogP contribution is 2.39. The number of carbonyl (C=O) groups excluding carboxylic acids is 2. The van der Waals surface area contributed by atoms with Crippen molar-refractivity contribution in [2.45, 2.75) is 20.3 Å². The molecule has 0 radical (unpaired) electrons. The fourth-order valence-electron chi connectivity index (χ4n) is 3.41. The van der Waals surface area contributed by atoms with E-state index in [1.807, 2.05) is 43.3 Å². The molecule has 0 atom stereocenters. The summed E-state index contributed by atoms with van der Waals surface area (Å²) in [4.78, 5) is 27.4. The molecule has 4 rings (SSSR count). The standard InChI is InChI=1S/C24H22N2O3/c1-3-16-9-11-17(12-10-16)23(27)25-18-13-14-21-19(15-18)24(28)26(4-2)20-7-5-6-8-22(20)29-21/h5-15H,3-4H2,1-2H3,(H,25,27). The first-order chi connectivity index (χ1) is 14.1. The summed E-state index contributed by atoms with van der Waals surface area (Å²) in [7, 11) is 0. The van der Waals surface area contributed by atoms with E-state index < -0.39 is 0 Å². The molecule has 0 saturated heterocycles. The Labute approximate surface area is 169 Å². The van der Waals surface area contributed by atoms with Crippen LogP contribution in [0.3, 0.4) is 0 Å². The van der Waals surface area contributed by atoms with Crippen molar-refractivity contribution in [1.82, 2.24) is 0 Å².